The number of aromatic nitrogens is 6. The van der Waals surface area contributed by atoms with E-state index in [-0.39, 0.29) is 0 Å². The molecule has 0 aromatic carbocycles. The Morgan fingerprint density at radius 3 is 2.58 bits per heavy atom. The Hall–Kier alpha value is -3.82. The van der Waals surface area contributed by atoms with Crippen LogP contribution < -0.4 is 4.90 Å². The van der Waals surface area contributed by atoms with E-state index in [0.29, 0.717) is 0 Å². The van der Waals surface area contributed by atoms with Gasteiger partial charge >= 0.3 is 0 Å². The number of nitrogens with one attached hydrogen (secondary N) is 2. The van der Waals surface area contributed by atoms with Gasteiger partial charge < -0.3 is 14.8 Å². The lowest BCUT2D eigenvalue weighted by atomic mass is 10.1. The Labute approximate surface area is 221 Å². The fourth-order valence-corrected chi connectivity index (χ4v) is 5.81. The Bertz CT molecular complexity index is 1570. The number of nitrogens with zero attached hydrogens (tertiary/aromatic N) is 7. The van der Waals surface area contributed by atoms with Gasteiger partial charge in [-0.25, -0.2) is 4.98 Å². The van der Waals surface area contributed by atoms with E-state index < -0.39 is 0 Å². The van der Waals surface area contributed by atoms with E-state index in [4.69, 9.17) is 9.97 Å². The van der Waals surface area contributed by atoms with E-state index in [1.807, 2.05) is 30.9 Å². The smallest absolute Gasteiger partial charge is 0.138 e. The van der Waals surface area contributed by atoms with Crippen LogP contribution in [0, 0.1) is 0 Å². The van der Waals surface area contributed by atoms with Gasteiger partial charge in [-0.2, -0.15) is 5.10 Å². The summed E-state index contributed by atoms with van der Waals surface area (Å²) in [5.41, 5.74) is 7.03. The fourth-order valence-electron chi connectivity index (χ4n) is 5.81. The standard InChI is InChI=1S/C29H33N9/c1-36-9-11-38(12-10-36)29-23-15-26(33-24(23)5-6-31-29)28-22-14-25(32-18-27(22)34-35-28)21-13-20(16-30-17-21)19-37-7-3-2-4-8-37/h5-6,13-18,33H,2-4,7-12,19H2,1H3,(H,34,35). The molecule has 9 heteroatoms. The number of pyridine rings is 3. The minimum Gasteiger partial charge on any atom is -0.353 e. The highest BCUT2D eigenvalue weighted by atomic mass is 15.3. The molecular formula is C29H33N9. The molecule has 2 saturated heterocycles. The van der Waals surface area contributed by atoms with Crippen molar-refractivity contribution >= 4 is 27.6 Å². The predicted molar refractivity (Wildman–Crippen MR) is 151 cm³/mol. The van der Waals surface area contributed by atoms with Crippen molar-refractivity contribution in [2.24, 2.45) is 0 Å². The predicted octanol–water partition coefficient (Wildman–Crippen LogP) is 4.30. The van der Waals surface area contributed by atoms with Gasteiger partial charge in [0.1, 0.15) is 11.5 Å². The van der Waals surface area contributed by atoms with E-state index in [0.717, 1.165) is 83.0 Å². The summed E-state index contributed by atoms with van der Waals surface area (Å²) in [7, 11) is 2.17. The highest BCUT2D eigenvalue weighted by molar-refractivity contribution is 5.99. The van der Waals surface area contributed by atoms with Gasteiger partial charge in [0.05, 0.1) is 28.6 Å². The lowest BCUT2D eigenvalue weighted by Gasteiger charge is -2.33. The molecule has 0 bridgehead atoms. The van der Waals surface area contributed by atoms with Gasteiger partial charge in [-0.3, -0.25) is 20.0 Å². The van der Waals surface area contributed by atoms with Crippen molar-refractivity contribution in [3.63, 3.8) is 0 Å². The summed E-state index contributed by atoms with van der Waals surface area (Å²) in [6.45, 7) is 7.33. The van der Waals surface area contributed by atoms with Crippen LogP contribution >= 0.6 is 0 Å². The summed E-state index contributed by atoms with van der Waals surface area (Å²) >= 11 is 0. The van der Waals surface area contributed by atoms with Crippen LogP contribution in [0.15, 0.2) is 49.1 Å². The van der Waals surface area contributed by atoms with E-state index in [2.05, 4.69) is 60.1 Å². The first kappa shape index (κ1) is 23.3. The normalized spacial score (nSPS) is 17.6. The van der Waals surface area contributed by atoms with Crippen molar-refractivity contribution in [3.05, 3.63) is 54.6 Å². The van der Waals surface area contributed by atoms with Crippen LogP contribution in [0.5, 0.6) is 0 Å². The number of H-pyrrole nitrogens is 2. The van der Waals surface area contributed by atoms with Crippen molar-refractivity contribution < 1.29 is 0 Å². The maximum absolute atomic E-state index is 4.76. The Morgan fingerprint density at radius 2 is 1.71 bits per heavy atom. The maximum atomic E-state index is 4.76. The van der Waals surface area contributed by atoms with Gasteiger partial charge in [-0.1, -0.05) is 6.42 Å². The molecule has 5 aromatic rings. The molecule has 0 amide bonds. The van der Waals surface area contributed by atoms with Crippen molar-refractivity contribution in [1.82, 2.24) is 39.9 Å². The molecule has 0 radical (unpaired) electrons. The number of hydrogen-bond acceptors (Lipinski definition) is 7. The monoisotopic (exact) mass is 507 g/mol. The van der Waals surface area contributed by atoms with Crippen molar-refractivity contribution in [2.45, 2.75) is 25.8 Å². The van der Waals surface area contributed by atoms with E-state index in [9.17, 15) is 0 Å². The third-order valence-electron chi connectivity index (χ3n) is 7.98. The number of piperidine rings is 1. The minimum absolute atomic E-state index is 0.890. The fraction of sp³-hybridized carbons (Fsp3) is 0.379. The molecule has 0 atom stereocenters. The zero-order chi connectivity index (χ0) is 25.5. The number of aromatic amines is 2. The summed E-state index contributed by atoms with van der Waals surface area (Å²) in [6.07, 6.45) is 11.6. The van der Waals surface area contributed by atoms with Gasteiger partial charge in [-0.15, -0.1) is 0 Å². The molecule has 0 spiro atoms. The van der Waals surface area contributed by atoms with Crippen LogP contribution in [0.2, 0.25) is 0 Å². The molecule has 9 nitrogen and oxygen atoms in total. The second kappa shape index (κ2) is 9.81. The molecule has 2 aliphatic rings. The second-order valence-electron chi connectivity index (χ2n) is 10.7. The first-order chi connectivity index (χ1) is 18.7. The summed E-state index contributed by atoms with van der Waals surface area (Å²) in [5, 5.41) is 10.0. The first-order valence-corrected chi connectivity index (χ1v) is 13.6. The summed E-state index contributed by atoms with van der Waals surface area (Å²) in [6, 6.07) is 8.58. The van der Waals surface area contributed by atoms with Crippen LogP contribution in [-0.2, 0) is 6.54 Å². The third kappa shape index (κ3) is 4.41. The molecule has 0 unspecified atom stereocenters. The molecule has 2 fully saturated rings. The Kier molecular flexibility index (Phi) is 6.02. The topological polar surface area (TPSA) is 92.9 Å². The maximum Gasteiger partial charge on any atom is 0.138 e. The highest BCUT2D eigenvalue weighted by Crippen LogP contribution is 2.33. The van der Waals surface area contributed by atoms with Crippen molar-refractivity contribution in [1.29, 1.82) is 0 Å². The number of rotatable bonds is 5. The van der Waals surface area contributed by atoms with Gasteiger partial charge in [0, 0.05) is 67.7 Å². The van der Waals surface area contributed by atoms with Gasteiger partial charge in [0.25, 0.3) is 0 Å². The summed E-state index contributed by atoms with van der Waals surface area (Å²) < 4.78 is 0. The number of likely N-dealkylation sites (N-methyl/N-ethyl adjacent to an activating group) is 1. The van der Waals surface area contributed by atoms with Gasteiger partial charge in [0.15, 0.2) is 0 Å². The Morgan fingerprint density at radius 1 is 0.842 bits per heavy atom. The Balaban J connectivity index is 1.22. The zero-order valence-electron chi connectivity index (χ0n) is 21.8. The van der Waals surface area contributed by atoms with Crippen molar-refractivity contribution in [2.75, 3.05) is 51.2 Å². The van der Waals surface area contributed by atoms with E-state index >= 15 is 0 Å². The summed E-state index contributed by atoms with van der Waals surface area (Å²) in [4.78, 5) is 24.9. The molecule has 0 saturated carbocycles. The third-order valence-corrected chi connectivity index (χ3v) is 7.98. The van der Waals surface area contributed by atoms with Crippen molar-refractivity contribution in [3.8, 4) is 22.6 Å². The van der Waals surface area contributed by atoms with Crippen LogP contribution in [-0.4, -0.2) is 86.2 Å². The molecule has 7 rings (SSSR count). The van der Waals surface area contributed by atoms with Gasteiger partial charge in [-0.05, 0) is 62.8 Å². The average molecular weight is 508 g/mol. The lowest BCUT2D eigenvalue weighted by molar-refractivity contribution is 0.220. The summed E-state index contributed by atoms with van der Waals surface area (Å²) in [5.74, 6) is 1.04. The largest absolute Gasteiger partial charge is 0.353 e. The van der Waals surface area contributed by atoms with Crippen LogP contribution in [0.25, 0.3) is 44.5 Å². The lowest BCUT2D eigenvalue weighted by Crippen LogP contribution is -2.44. The number of fused-ring (bicyclic) bond motifs is 2. The molecule has 194 valence electrons. The molecular weight excluding hydrogens is 474 g/mol. The van der Waals surface area contributed by atoms with Crippen LogP contribution in [0.4, 0.5) is 5.82 Å². The molecule has 2 aliphatic heterocycles. The van der Waals surface area contributed by atoms with E-state index in [1.54, 1.807) is 0 Å². The quantitative estimate of drug-likeness (QED) is 0.366. The number of likely N-dealkylation sites (tertiary alicyclic amines) is 1. The van der Waals surface area contributed by atoms with E-state index in [1.165, 1.54) is 37.9 Å². The van der Waals surface area contributed by atoms with Gasteiger partial charge in [0.2, 0.25) is 0 Å². The zero-order valence-corrected chi connectivity index (χ0v) is 21.8. The van der Waals surface area contributed by atoms with Crippen LogP contribution in [0.3, 0.4) is 0 Å². The number of anilines is 1. The molecule has 7 heterocycles. The first-order valence-electron chi connectivity index (χ1n) is 13.6. The minimum atomic E-state index is 0.890. The molecule has 0 aliphatic carbocycles. The molecule has 38 heavy (non-hydrogen) atoms. The van der Waals surface area contributed by atoms with Crippen LogP contribution in [0.1, 0.15) is 24.8 Å². The highest BCUT2D eigenvalue weighted by Gasteiger charge is 2.20. The molecule has 2 N–H and O–H groups in total. The average Bonchev–Trinajstić information content (AvgIpc) is 3.58. The number of piperazine rings is 1. The number of hydrogen-bond donors (Lipinski definition) is 2. The second-order valence-corrected chi connectivity index (χ2v) is 10.7. The molecule has 5 aromatic heterocycles. The SMILES string of the molecule is CN1CCN(c2nccc3[nH]c(-c4n[nH]c5cnc(-c6cncc(CN7CCCCC7)c6)cc45)cc23)CC1.